The molecule has 214 valence electrons. The first-order valence-corrected chi connectivity index (χ1v) is 14.9. The number of benzene rings is 3. The van der Waals surface area contributed by atoms with Gasteiger partial charge < -0.3 is 19.5 Å². The van der Waals surface area contributed by atoms with Crippen LogP contribution in [0.5, 0.6) is 17.2 Å². The molecule has 2 aliphatic rings. The Morgan fingerprint density at radius 2 is 1.80 bits per heavy atom. The molecule has 0 bridgehead atoms. The van der Waals surface area contributed by atoms with E-state index in [1.807, 2.05) is 18.2 Å². The molecule has 3 aromatic rings. The number of ether oxygens (including phenoxy) is 2. The summed E-state index contributed by atoms with van der Waals surface area (Å²) in [6, 6.07) is 17.5. The predicted molar refractivity (Wildman–Crippen MR) is 159 cm³/mol. The van der Waals surface area contributed by atoms with E-state index < -0.39 is 0 Å². The van der Waals surface area contributed by atoms with Crippen LogP contribution >= 0.6 is 0 Å². The first-order valence-electron chi connectivity index (χ1n) is 14.9. The topological polar surface area (TPSA) is 45.2 Å². The Morgan fingerprint density at radius 3 is 2.55 bits per heavy atom. The fourth-order valence-electron chi connectivity index (χ4n) is 6.27. The molecule has 1 aliphatic heterocycles. The van der Waals surface area contributed by atoms with Crippen molar-refractivity contribution in [2.45, 2.75) is 64.3 Å². The summed E-state index contributed by atoms with van der Waals surface area (Å²) in [5, 5.41) is 9.90. The summed E-state index contributed by atoms with van der Waals surface area (Å²) in [5.74, 6) is 1.54. The molecular weight excluding hydrogens is 503 g/mol. The van der Waals surface area contributed by atoms with Gasteiger partial charge in [0, 0.05) is 31.4 Å². The standard InChI is InChI=1S/C34H43FN2O3/c1-3-37(24-25-8-15-34(32(35)20-25)40-19-18-36-16-6-4-5-7-17-36)33-23-30(39-2)13-14-31(33)28-10-9-27-22-29(38)12-11-26(27)21-28/h8,11-15,20,22-23,28,38H,3-7,9-10,16-19,21,24H2,1-2H3. The Kier molecular flexibility index (Phi) is 9.48. The molecule has 40 heavy (non-hydrogen) atoms. The lowest BCUT2D eigenvalue weighted by atomic mass is 9.79. The number of likely N-dealkylation sites (tertiary alicyclic amines) is 1. The molecule has 1 atom stereocenters. The molecule has 1 saturated heterocycles. The van der Waals surface area contributed by atoms with E-state index in [-0.39, 0.29) is 5.82 Å². The van der Waals surface area contributed by atoms with Crippen molar-refractivity contribution in [3.8, 4) is 17.2 Å². The highest BCUT2D eigenvalue weighted by Crippen LogP contribution is 2.40. The summed E-state index contributed by atoms with van der Waals surface area (Å²) in [6.45, 7) is 7.09. The molecule has 0 amide bonds. The first kappa shape index (κ1) is 28.3. The average Bonchev–Trinajstić information content (AvgIpc) is 3.25. The molecule has 3 aromatic carbocycles. The van der Waals surface area contributed by atoms with Gasteiger partial charge in [-0.15, -0.1) is 0 Å². The SMILES string of the molecule is CCN(Cc1ccc(OCCN2CCCCCC2)c(F)c1)c1cc(OC)ccc1C1CCc2cc(O)ccc2C1. The number of rotatable bonds is 10. The van der Waals surface area contributed by atoms with Crippen molar-refractivity contribution in [3.05, 3.63) is 82.7 Å². The molecule has 0 spiro atoms. The van der Waals surface area contributed by atoms with Crippen molar-refractivity contribution in [2.75, 3.05) is 44.8 Å². The summed E-state index contributed by atoms with van der Waals surface area (Å²) in [6.07, 6.45) is 7.99. The van der Waals surface area contributed by atoms with Crippen molar-refractivity contribution < 1.29 is 19.0 Å². The van der Waals surface area contributed by atoms with Crippen LogP contribution in [-0.2, 0) is 19.4 Å². The average molecular weight is 547 g/mol. The van der Waals surface area contributed by atoms with Crippen molar-refractivity contribution in [1.29, 1.82) is 0 Å². The lowest BCUT2D eigenvalue weighted by Crippen LogP contribution is -2.29. The molecule has 1 heterocycles. The van der Waals surface area contributed by atoms with E-state index in [9.17, 15) is 5.11 Å². The normalized spacial score (nSPS) is 17.6. The van der Waals surface area contributed by atoms with Gasteiger partial charge in [0.1, 0.15) is 18.1 Å². The number of hydrogen-bond donors (Lipinski definition) is 1. The van der Waals surface area contributed by atoms with Gasteiger partial charge in [-0.1, -0.05) is 31.0 Å². The Hall–Kier alpha value is -3.25. The van der Waals surface area contributed by atoms with Crippen LogP contribution < -0.4 is 14.4 Å². The van der Waals surface area contributed by atoms with Crippen LogP contribution in [0, 0.1) is 5.82 Å². The molecule has 5 nitrogen and oxygen atoms in total. The van der Waals surface area contributed by atoms with E-state index in [1.54, 1.807) is 25.3 Å². The molecule has 1 fully saturated rings. The van der Waals surface area contributed by atoms with Crippen molar-refractivity contribution >= 4 is 5.69 Å². The van der Waals surface area contributed by atoms with Gasteiger partial charge >= 0.3 is 0 Å². The largest absolute Gasteiger partial charge is 0.508 e. The second-order valence-electron chi connectivity index (χ2n) is 11.2. The number of hydrogen-bond acceptors (Lipinski definition) is 5. The summed E-state index contributed by atoms with van der Waals surface area (Å²) < 4.78 is 26.6. The maximum Gasteiger partial charge on any atom is 0.165 e. The van der Waals surface area contributed by atoms with Gasteiger partial charge in [-0.05, 0) is 111 Å². The van der Waals surface area contributed by atoms with Gasteiger partial charge in [0.2, 0.25) is 0 Å². The zero-order chi connectivity index (χ0) is 27.9. The molecule has 0 saturated carbocycles. The first-order chi connectivity index (χ1) is 19.5. The van der Waals surface area contributed by atoms with Gasteiger partial charge in [0.25, 0.3) is 0 Å². The predicted octanol–water partition coefficient (Wildman–Crippen LogP) is 7.09. The molecular formula is C34H43FN2O3. The summed E-state index contributed by atoms with van der Waals surface area (Å²) in [7, 11) is 1.69. The van der Waals surface area contributed by atoms with Crippen LogP contribution in [0.1, 0.15) is 67.2 Å². The number of aryl methyl sites for hydroxylation is 1. The van der Waals surface area contributed by atoms with Crippen LogP contribution in [0.15, 0.2) is 54.6 Å². The maximum atomic E-state index is 15.1. The molecule has 0 radical (unpaired) electrons. The minimum atomic E-state index is -0.303. The second kappa shape index (κ2) is 13.4. The van der Waals surface area contributed by atoms with Gasteiger partial charge in [0.15, 0.2) is 11.6 Å². The maximum absolute atomic E-state index is 15.1. The van der Waals surface area contributed by atoms with E-state index in [1.165, 1.54) is 42.4 Å². The molecule has 1 aliphatic carbocycles. The minimum absolute atomic E-state index is 0.303. The molecule has 5 rings (SSSR count). The van der Waals surface area contributed by atoms with Crippen LogP contribution in [0.25, 0.3) is 0 Å². The lowest BCUT2D eigenvalue weighted by Gasteiger charge is -2.32. The van der Waals surface area contributed by atoms with E-state index in [2.05, 4.69) is 34.9 Å². The lowest BCUT2D eigenvalue weighted by molar-refractivity contribution is 0.209. The quantitative estimate of drug-likeness (QED) is 0.294. The highest BCUT2D eigenvalue weighted by Gasteiger charge is 2.25. The highest BCUT2D eigenvalue weighted by atomic mass is 19.1. The Morgan fingerprint density at radius 1 is 0.975 bits per heavy atom. The summed E-state index contributed by atoms with van der Waals surface area (Å²) in [4.78, 5) is 4.73. The zero-order valence-electron chi connectivity index (χ0n) is 24.0. The van der Waals surface area contributed by atoms with Crippen molar-refractivity contribution in [1.82, 2.24) is 4.90 Å². The monoisotopic (exact) mass is 546 g/mol. The highest BCUT2D eigenvalue weighted by molar-refractivity contribution is 5.60. The number of methoxy groups -OCH3 is 1. The van der Waals surface area contributed by atoms with E-state index in [4.69, 9.17) is 9.47 Å². The van der Waals surface area contributed by atoms with Crippen LogP contribution in [0.4, 0.5) is 10.1 Å². The molecule has 6 heteroatoms. The number of aromatic hydroxyl groups is 1. The van der Waals surface area contributed by atoms with Crippen LogP contribution in [-0.4, -0.2) is 49.9 Å². The third-order valence-corrected chi connectivity index (χ3v) is 8.55. The van der Waals surface area contributed by atoms with Gasteiger partial charge in [-0.3, -0.25) is 4.90 Å². The Bertz CT molecular complexity index is 1270. The number of anilines is 1. The number of nitrogens with zero attached hydrogens (tertiary/aromatic N) is 2. The van der Waals surface area contributed by atoms with Crippen LogP contribution in [0.3, 0.4) is 0 Å². The summed E-state index contributed by atoms with van der Waals surface area (Å²) in [5.41, 5.74) is 5.87. The number of fused-ring (bicyclic) bond motifs is 1. The smallest absolute Gasteiger partial charge is 0.165 e. The fraction of sp³-hybridized carbons (Fsp3) is 0.471. The van der Waals surface area contributed by atoms with E-state index in [0.717, 1.165) is 62.4 Å². The van der Waals surface area contributed by atoms with Gasteiger partial charge in [-0.2, -0.15) is 0 Å². The van der Waals surface area contributed by atoms with Crippen LogP contribution in [0.2, 0.25) is 0 Å². The Balaban J connectivity index is 1.29. The Labute approximate surface area is 238 Å². The molecule has 1 unspecified atom stereocenters. The van der Waals surface area contributed by atoms with Crippen molar-refractivity contribution in [2.24, 2.45) is 0 Å². The number of halogens is 1. The summed E-state index contributed by atoms with van der Waals surface area (Å²) >= 11 is 0. The minimum Gasteiger partial charge on any atom is -0.508 e. The second-order valence-corrected chi connectivity index (χ2v) is 11.2. The van der Waals surface area contributed by atoms with E-state index in [0.29, 0.717) is 30.6 Å². The molecule has 1 N–H and O–H groups in total. The zero-order valence-corrected chi connectivity index (χ0v) is 24.0. The molecule has 0 aromatic heterocycles. The fourth-order valence-corrected chi connectivity index (χ4v) is 6.27. The third-order valence-electron chi connectivity index (χ3n) is 8.55. The number of phenolic OH excluding ortho intramolecular Hbond substituents is 1. The third kappa shape index (κ3) is 6.90. The van der Waals surface area contributed by atoms with Gasteiger partial charge in [0.05, 0.1) is 7.11 Å². The number of phenols is 1. The van der Waals surface area contributed by atoms with Gasteiger partial charge in [-0.25, -0.2) is 4.39 Å². The van der Waals surface area contributed by atoms with E-state index >= 15 is 4.39 Å². The van der Waals surface area contributed by atoms with Crippen molar-refractivity contribution in [3.63, 3.8) is 0 Å².